The number of nitrogens with zero attached hydrogens (tertiary/aromatic N) is 2. The maximum absolute atomic E-state index is 12.9. The molecule has 1 amide bonds. The highest BCUT2D eigenvalue weighted by molar-refractivity contribution is 5.94. The lowest BCUT2D eigenvalue weighted by Gasteiger charge is -2.43. The van der Waals surface area contributed by atoms with Gasteiger partial charge in [0, 0.05) is 38.9 Å². The molecule has 1 spiro atoms. The predicted octanol–water partition coefficient (Wildman–Crippen LogP) is 1.18. The summed E-state index contributed by atoms with van der Waals surface area (Å²) < 4.78 is 17.1. The molecule has 6 heteroatoms. The predicted molar refractivity (Wildman–Crippen MR) is 94.9 cm³/mol. The molecular weight excluding hydrogens is 320 g/mol. The lowest BCUT2D eigenvalue weighted by atomic mass is 10.0. The van der Waals surface area contributed by atoms with Crippen LogP contribution in [0.25, 0.3) is 0 Å². The molecule has 2 saturated heterocycles. The molecule has 3 rings (SSSR count). The van der Waals surface area contributed by atoms with Crippen LogP contribution in [-0.2, 0) is 14.2 Å². The van der Waals surface area contributed by atoms with E-state index in [0.29, 0.717) is 39.5 Å². The van der Waals surface area contributed by atoms with Gasteiger partial charge in [0.15, 0.2) is 0 Å². The van der Waals surface area contributed by atoms with Gasteiger partial charge >= 0.3 is 0 Å². The fraction of sp³-hybridized carbons (Fsp3) is 0.632. The molecule has 6 nitrogen and oxygen atoms in total. The molecule has 1 aromatic rings. The lowest BCUT2D eigenvalue weighted by molar-refractivity contribution is -0.133. The molecule has 1 aromatic carbocycles. The van der Waals surface area contributed by atoms with Crippen molar-refractivity contribution in [1.82, 2.24) is 9.80 Å². The number of hydrogen-bond donors (Lipinski definition) is 0. The van der Waals surface area contributed by atoms with E-state index in [1.165, 1.54) is 0 Å². The van der Waals surface area contributed by atoms with Crippen LogP contribution in [0.15, 0.2) is 24.3 Å². The Morgan fingerprint density at radius 2 is 2.00 bits per heavy atom. The lowest BCUT2D eigenvalue weighted by Crippen LogP contribution is -2.60. The summed E-state index contributed by atoms with van der Waals surface area (Å²) in [6, 6.07) is 7.75. The minimum absolute atomic E-state index is 0.0652. The van der Waals surface area contributed by atoms with Crippen LogP contribution < -0.4 is 0 Å². The second-order valence-electron chi connectivity index (χ2n) is 6.95. The summed E-state index contributed by atoms with van der Waals surface area (Å²) in [6.45, 7) is 8.09. The van der Waals surface area contributed by atoms with E-state index in [2.05, 4.69) is 4.90 Å². The number of benzene rings is 1. The summed E-state index contributed by atoms with van der Waals surface area (Å²) in [7, 11) is 1.71. The molecule has 25 heavy (non-hydrogen) atoms. The summed E-state index contributed by atoms with van der Waals surface area (Å²) in [5.74, 6) is 0.0652. The largest absolute Gasteiger partial charge is 0.383 e. The number of carbonyl (C=O) groups excluding carboxylic acids is 1. The van der Waals surface area contributed by atoms with Gasteiger partial charge in [-0.3, -0.25) is 9.69 Å². The van der Waals surface area contributed by atoms with Crippen LogP contribution in [0.5, 0.6) is 0 Å². The number of aryl methyl sites for hydroxylation is 1. The minimum atomic E-state index is -0.456. The molecule has 138 valence electrons. The normalized spacial score (nSPS) is 25.1. The zero-order valence-electron chi connectivity index (χ0n) is 15.2. The number of methoxy groups -OCH3 is 1. The van der Waals surface area contributed by atoms with E-state index in [-0.39, 0.29) is 5.91 Å². The third-order valence-electron chi connectivity index (χ3n) is 4.87. The molecule has 0 aromatic heterocycles. The van der Waals surface area contributed by atoms with Crippen molar-refractivity contribution in [2.45, 2.75) is 12.5 Å². The topological polar surface area (TPSA) is 51.2 Å². The van der Waals surface area contributed by atoms with Crippen molar-refractivity contribution >= 4 is 5.91 Å². The van der Waals surface area contributed by atoms with Crippen LogP contribution in [0, 0.1) is 6.92 Å². The monoisotopic (exact) mass is 348 g/mol. The first-order valence-corrected chi connectivity index (χ1v) is 8.91. The highest BCUT2D eigenvalue weighted by atomic mass is 16.5. The average Bonchev–Trinajstić information content (AvgIpc) is 2.82. The number of amides is 1. The van der Waals surface area contributed by atoms with Gasteiger partial charge in [0.2, 0.25) is 0 Å². The number of rotatable bonds is 4. The van der Waals surface area contributed by atoms with Gasteiger partial charge in [-0.15, -0.1) is 0 Å². The summed E-state index contributed by atoms with van der Waals surface area (Å²) in [5, 5.41) is 0. The number of carbonyl (C=O) groups is 1. The van der Waals surface area contributed by atoms with Crippen molar-refractivity contribution in [3.05, 3.63) is 35.4 Å². The van der Waals surface area contributed by atoms with Crippen LogP contribution >= 0.6 is 0 Å². The second kappa shape index (κ2) is 8.27. The number of hydrogen-bond acceptors (Lipinski definition) is 5. The SMILES string of the molecule is COCCN1CCOC[C@]2(C1)CN(C(=O)c1ccc(C)cc1)CCO2. The van der Waals surface area contributed by atoms with E-state index in [1.54, 1.807) is 7.11 Å². The van der Waals surface area contributed by atoms with Crippen molar-refractivity contribution in [3.8, 4) is 0 Å². The Bertz CT molecular complexity index is 577. The molecule has 0 N–H and O–H groups in total. The highest BCUT2D eigenvalue weighted by Gasteiger charge is 2.41. The fourth-order valence-electron chi connectivity index (χ4n) is 3.48. The molecule has 1 atom stereocenters. The molecule has 0 unspecified atom stereocenters. The van der Waals surface area contributed by atoms with E-state index in [4.69, 9.17) is 14.2 Å². The molecule has 2 aliphatic rings. The van der Waals surface area contributed by atoms with Gasteiger partial charge < -0.3 is 19.1 Å². The highest BCUT2D eigenvalue weighted by Crippen LogP contribution is 2.24. The van der Waals surface area contributed by atoms with Crippen molar-refractivity contribution in [2.24, 2.45) is 0 Å². The van der Waals surface area contributed by atoms with Crippen molar-refractivity contribution in [3.63, 3.8) is 0 Å². The smallest absolute Gasteiger partial charge is 0.254 e. The van der Waals surface area contributed by atoms with Gasteiger partial charge in [-0.2, -0.15) is 0 Å². The van der Waals surface area contributed by atoms with Crippen molar-refractivity contribution in [1.29, 1.82) is 0 Å². The van der Waals surface area contributed by atoms with Gasteiger partial charge in [-0.05, 0) is 19.1 Å². The quantitative estimate of drug-likeness (QED) is 0.818. The first-order chi connectivity index (χ1) is 12.1. The molecule has 2 aliphatic heterocycles. The standard InChI is InChI=1S/C19H28N2O4/c1-16-3-5-17(6-4-16)18(22)21-9-12-25-19(14-21)13-20(7-10-23-2)8-11-24-15-19/h3-6H,7-15H2,1-2H3/t19-/m0/s1. The summed E-state index contributed by atoms with van der Waals surface area (Å²) >= 11 is 0. The Hall–Kier alpha value is -1.47. The molecule has 2 heterocycles. The Labute approximate surface area is 149 Å². The maximum atomic E-state index is 12.9. The van der Waals surface area contributed by atoms with Gasteiger partial charge in [-0.1, -0.05) is 17.7 Å². The maximum Gasteiger partial charge on any atom is 0.254 e. The van der Waals surface area contributed by atoms with Crippen molar-refractivity contribution in [2.75, 3.05) is 66.3 Å². The molecule has 2 fully saturated rings. The number of ether oxygens (including phenoxy) is 3. The zero-order valence-corrected chi connectivity index (χ0v) is 15.2. The third-order valence-corrected chi connectivity index (χ3v) is 4.87. The van der Waals surface area contributed by atoms with Crippen LogP contribution in [-0.4, -0.2) is 87.6 Å². The Morgan fingerprint density at radius 1 is 1.20 bits per heavy atom. The summed E-state index contributed by atoms with van der Waals surface area (Å²) in [6.07, 6.45) is 0. The van der Waals surface area contributed by atoms with Gasteiger partial charge in [0.05, 0.1) is 33.0 Å². The molecule has 0 aliphatic carbocycles. The van der Waals surface area contributed by atoms with E-state index >= 15 is 0 Å². The van der Waals surface area contributed by atoms with Gasteiger partial charge in [0.1, 0.15) is 5.60 Å². The van der Waals surface area contributed by atoms with Crippen LogP contribution in [0.3, 0.4) is 0 Å². The summed E-state index contributed by atoms with van der Waals surface area (Å²) in [5.41, 5.74) is 1.43. The minimum Gasteiger partial charge on any atom is -0.383 e. The Morgan fingerprint density at radius 3 is 2.76 bits per heavy atom. The van der Waals surface area contributed by atoms with Crippen LogP contribution in [0.2, 0.25) is 0 Å². The molecule has 0 bridgehead atoms. The second-order valence-corrected chi connectivity index (χ2v) is 6.95. The van der Waals surface area contributed by atoms with E-state index < -0.39 is 5.60 Å². The van der Waals surface area contributed by atoms with E-state index in [1.807, 2.05) is 36.1 Å². The molecule has 0 radical (unpaired) electrons. The van der Waals surface area contributed by atoms with Crippen molar-refractivity contribution < 1.29 is 19.0 Å². The molecular formula is C19H28N2O4. The third kappa shape index (κ3) is 4.58. The van der Waals surface area contributed by atoms with Crippen LogP contribution in [0.4, 0.5) is 0 Å². The van der Waals surface area contributed by atoms with E-state index in [9.17, 15) is 4.79 Å². The van der Waals surface area contributed by atoms with Gasteiger partial charge in [0.25, 0.3) is 5.91 Å². The van der Waals surface area contributed by atoms with Crippen LogP contribution in [0.1, 0.15) is 15.9 Å². The Kier molecular flexibility index (Phi) is 6.06. The average molecular weight is 348 g/mol. The summed E-state index contributed by atoms with van der Waals surface area (Å²) in [4.78, 5) is 17.1. The number of morpholine rings is 1. The Balaban J connectivity index is 1.70. The first kappa shape index (κ1) is 18.3. The fourth-order valence-corrected chi connectivity index (χ4v) is 3.48. The zero-order chi connectivity index (χ0) is 17.7. The molecule has 0 saturated carbocycles. The first-order valence-electron chi connectivity index (χ1n) is 8.91. The van der Waals surface area contributed by atoms with Gasteiger partial charge in [-0.25, -0.2) is 0 Å². The van der Waals surface area contributed by atoms with E-state index in [0.717, 1.165) is 30.8 Å².